The molecule has 0 aliphatic carbocycles. The number of rotatable bonds is 8. The van der Waals surface area contributed by atoms with Crippen molar-refractivity contribution in [2.45, 2.75) is 12.0 Å². The maximum Gasteiger partial charge on any atom is 0.256 e. The Balaban J connectivity index is 1.70. The van der Waals surface area contributed by atoms with Gasteiger partial charge in [0.05, 0.1) is 46.2 Å². The lowest BCUT2D eigenvalue weighted by atomic mass is 9.75. The molecule has 1 unspecified atom stereocenters. The maximum absolute atomic E-state index is 14.3. The van der Waals surface area contributed by atoms with Gasteiger partial charge >= 0.3 is 0 Å². The van der Waals surface area contributed by atoms with Gasteiger partial charge in [-0.15, -0.1) is 0 Å². The highest BCUT2D eigenvalue weighted by atomic mass is 16.5. The summed E-state index contributed by atoms with van der Waals surface area (Å²) in [4.78, 5) is 32.4. The van der Waals surface area contributed by atoms with E-state index in [0.29, 0.717) is 39.9 Å². The third-order valence-corrected chi connectivity index (χ3v) is 6.73. The Hall–Kier alpha value is -4.66. The number of hydrogen-bond acceptors (Lipinski definition) is 6. The van der Waals surface area contributed by atoms with Gasteiger partial charge in [-0.1, -0.05) is 18.2 Å². The summed E-state index contributed by atoms with van der Waals surface area (Å²) < 4.78 is 21.8. The molecule has 0 radical (unpaired) electrons. The van der Waals surface area contributed by atoms with Crippen LogP contribution in [-0.4, -0.2) is 45.2 Å². The van der Waals surface area contributed by atoms with Gasteiger partial charge in [-0.05, 0) is 30.3 Å². The third kappa shape index (κ3) is 3.79. The lowest BCUT2D eigenvalue weighted by Crippen LogP contribution is -2.67. The number of aromatic nitrogens is 1. The second-order valence-corrected chi connectivity index (χ2v) is 8.57. The molecule has 0 spiro atoms. The highest BCUT2D eigenvalue weighted by Crippen LogP contribution is 2.51. The van der Waals surface area contributed by atoms with Crippen molar-refractivity contribution >= 4 is 34.1 Å². The number of para-hydroxylation sites is 1. The van der Waals surface area contributed by atoms with Gasteiger partial charge in [-0.3, -0.25) is 14.5 Å². The number of amides is 2. The molecule has 1 aromatic heterocycles. The van der Waals surface area contributed by atoms with Crippen LogP contribution in [0.15, 0.2) is 66.9 Å². The first-order valence-corrected chi connectivity index (χ1v) is 11.6. The molecule has 0 saturated carbocycles. The number of carbonyl (C=O) groups excluding carboxylic acids is 2. The highest BCUT2D eigenvalue weighted by molar-refractivity contribution is 6.19. The van der Waals surface area contributed by atoms with Crippen molar-refractivity contribution in [2.75, 3.05) is 38.7 Å². The molecule has 2 amide bonds. The fraction of sp³-hybridized carbons (Fsp3) is 0.214. The molecule has 190 valence electrons. The van der Waals surface area contributed by atoms with E-state index in [-0.39, 0.29) is 12.3 Å². The Morgan fingerprint density at radius 2 is 1.57 bits per heavy atom. The molecule has 5 rings (SSSR count). The van der Waals surface area contributed by atoms with E-state index >= 15 is 0 Å². The summed E-state index contributed by atoms with van der Waals surface area (Å²) in [5.41, 5.74) is 0.969. The Kier molecular flexibility index (Phi) is 6.12. The number of anilines is 2. The fourth-order valence-electron chi connectivity index (χ4n) is 4.88. The van der Waals surface area contributed by atoms with Crippen LogP contribution in [0.5, 0.6) is 23.0 Å². The molecule has 1 aliphatic rings. The van der Waals surface area contributed by atoms with Crippen LogP contribution >= 0.6 is 0 Å². The predicted octanol–water partition coefficient (Wildman–Crippen LogP) is 4.47. The molecular weight excluding hydrogens is 474 g/mol. The number of nitrogens with zero attached hydrogens (tertiary/aromatic N) is 1. The van der Waals surface area contributed by atoms with E-state index < -0.39 is 11.4 Å². The number of β-lactam (4-membered cyclic amide) rings is 1. The Labute approximate surface area is 213 Å². The van der Waals surface area contributed by atoms with Crippen LogP contribution in [0.25, 0.3) is 10.9 Å². The van der Waals surface area contributed by atoms with Gasteiger partial charge in [0.25, 0.3) is 5.91 Å². The molecule has 1 atom stereocenters. The molecule has 1 fully saturated rings. The first-order chi connectivity index (χ1) is 18.0. The molecule has 37 heavy (non-hydrogen) atoms. The number of hydrogen-bond donors (Lipinski definition) is 2. The third-order valence-electron chi connectivity index (χ3n) is 6.73. The van der Waals surface area contributed by atoms with Gasteiger partial charge in [0.2, 0.25) is 5.91 Å². The number of nitrogens with one attached hydrogen (secondary N) is 2. The average Bonchev–Trinajstić information content (AvgIpc) is 3.35. The van der Waals surface area contributed by atoms with E-state index in [4.69, 9.17) is 18.9 Å². The Morgan fingerprint density at radius 3 is 2.24 bits per heavy atom. The molecule has 9 heteroatoms. The van der Waals surface area contributed by atoms with E-state index in [1.807, 2.05) is 24.3 Å². The van der Waals surface area contributed by atoms with Crippen LogP contribution in [0, 0.1) is 0 Å². The summed E-state index contributed by atoms with van der Waals surface area (Å²) in [7, 11) is 6.12. The molecule has 4 aromatic rings. The average molecular weight is 502 g/mol. The van der Waals surface area contributed by atoms with Crippen molar-refractivity contribution in [3.63, 3.8) is 0 Å². The second kappa shape index (κ2) is 9.42. The lowest BCUT2D eigenvalue weighted by Gasteiger charge is -2.50. The quantitative estimate of drug-likeness (QED) is 0.346. The van der Waals surface area contributed by atoms with Gasteiger partial charge in [-0.2, -0.15) is 0 Å². The van der Waals surface area contributed by atoms with Gasteiger partial charge in [0, 0.05) is 34.8 Å². The van der Waals surface area contributed by atoms with E-state index in [9.17, 15) is 9.59 Å². The van der Waals surface area contributed by atoms with Crippen molar-refractivity contribution in [2.24, 2.45) is 0 Å². The Bertz CT molecular complexity index is 1500. The van der Waals surface area contributed by atoms with E-state index in [2.05, 4.69) is 10.3 Å². The normalized spacial score (nSPS) is 16.8. The van der Waals surface area contributed by atoms with Crippen LogP contribution in [-0.2, 0) is 15.1 Å². The van der Waals surface area contributed by atoms with Crippen LogP contribution in [0.1, 0.15) is 12.0 Å². The number of ether oxygens (including phenoxy) is 4. The lowest BCUT2D eigenvalue weighted by molar-refractivity contribution is -0.137. The fourth-order valence-corrected chi connectivity index (χ4v) is 4.88. The minimum atomic E-state index is -1.38. The van der Waals surface area contributed by atoms with Crippen molar-refractivity contribution in [1.82, 2.24) is 4.98 Å². The number of methoxy groups -OCH3 is 4. The molecule has 0 bridgehead atoms. The van der Waals surface area contributed by atoms with Crippen molar-refractivity contribution in [1.29, 1.82) is 0 Å². The predicted molar refractivity (Wildman–Crippen MR) is 140 cm³/mol. The van der Waals surface area contributed by atoms with Gasteiger partial charge in [-0.25, -0.2) is 0 Å². The standard InChI is InChI=1S/C28H27N3O6/c1-34-17-9-11-24(36-3)22(13-17)30-27(33)28(20-16-29-21-8-6-5-7-19(20)21)15-26(32)31(28)23-14-18(35-2)10-12-25(23)37-4/h5-14,16,29H,15H2,1-4H3,(H,30,33). The molecule has 3 aromatic carbocycles. The number of H-pyrrole nitrogens is 1. The molecule has 2 heterocycles. The van der Waals surface area contributed by atoms with Crippen molar-refractivity contribution in [3.05, 3.63) is 72.4 Å². The monoisotopic (exact) mass is 501 g/mol. The number of aromatic amines is 1. The van der Waals surface area contributed by atoms with Gasteiger partial charge in [0.15, 0.2) is 5.54 Å². The smallest absolute Gasteiger partial charge is 0.256 e. The second-order valence-electron chi connectivity index (χ2n) is 8.57. The SMILES string of the molecule is COc1ccc(OC)c(NC(=O)C2(c3c[nH]c4ccccc34)CC(=O)N2c2cc(OC)ccc2OC)c1. The summed E-state index contributed by atoms with van der Waals surface area (Å²) in [6.45, 7) is 0. The molecular formula is C28H27N3O6. The van der Waals surface area contributed by atoms with Gasteiger partial charge < -0.3 is 29.2 Å². The van der Waals surface area contributed by atoms with Crippen molar-refractivity contribution < 1.29 is 28.5 Å². The van der Waals surface area contributed by atoms with E-state index in [0.717, 1.165) is 10.9 Å². The minimum absolute atomic E-state index is 0.0483. The summed E-state index contributed by atoms with van der Waals surface area (Å²) in [5.74, 6) is 1.33. The number of benzene rings is 3. The maximum atomic E-state index is 14.3. The zero-order valence-corrected chi connectivity index (χ0v) is 21.0. The van der Waals surface area contributed by atoms with E-state index in [1.54, 1.807) is 49.7 Å². The zero-order valence-electron chi connectivity index (χ0n) is 21.0. The highest BCUT2D eigenvalue weighted by Gasteiger charge is 2.60. The van der Waals surface area contributed by atoms with Crippen LogP contribution in [0.3, 0.4) is 0 Å². The number of carbonyl (C=O) groups is 2. The van der Waals surface area contributed by atoms with Crippen LogP contribution in [0.2, 0.25) is 0 Å². The first-order valence-electron chi connectivity index (χ1n) is 11.6. The topological polar surface area (TPSA) is 102 Å². The summed E-state index contributed by atoms with van der Waals surface area (Å²) in [5, 5.41) is 3.82. The van der Waals surface area contributed by atoms with Gasteiger partial charge in [0.1, 0.15) is 23.0 Å². The summed E-state index contributed by atoms with van der Waals surface area (Å²) >= 11 is 0. The molecule has 1 saturated heterocycles. The summed E-state index contributed by atoms with van der Waals surface area (Å²) in [6.07, 6.45) is 1.73. The molecule has 1 aliphatic heterocycles. The van der Waals surface area contributed by atoms with Crippen LogP contribution < -0.4 is 29.2 Å². The van der Waals surface area contributed by atoms with Crippen molar-refractivity contribution in [3.8, 4) is 23.0 Å². The summed E-state index contributed by atoms with van der Waals surface area (Å²) in [6, 6.07) is 17.9. The zero-order chi connectivity index (χ0) is 26.2. The number of fused-ring (bicyclic) bond motifs is 1. The molecule has 9 nitrogen and oxygen atoms in total. The minimum Gasteiger partial charge on any atom is -0.497 e. The first kappa shape index (κ1) is 24.1. The van der Waals surface area contributed by atoms with E-state index in [1.165, 1.54) is 26.2 Å². The molecule has 2 N–H and O–H groups in total. The van der Waals surface area contributed by atoms with Crippen LogP contribution in [0.4, 0.5) is 11.4 Å². The Morgan fingerprint density at radius 1 is 0.892 bits per heavy atom. The largest absolute Gasteiger partial charge is 0.497 e.